The van der Waals surface area contributed by atoms with Gasteiger partial charge in [0.25, 0.3) is 0 Å². The van der Waals surface area contributed by atoms with Gasteiger partial charge in [0.05, 0.1) is 12.4 Å². The van der Waals surface area contributed by atoms with Crippen LogP contribution in [0.2, 0.25) is 0 Å². The molecule has 0 aliphatic carbocycles. The van der Waals surface area contributed by atoms with E-state index in [9.17, 15) is 4.79 Å². The highest BCUT2D eigenvalue weighted by atomic mass is 32.2. The summed E-state index contributed by atoms with van der Waals surface area (Å²) in [7, 11) is 1.64. The van der Waals surface area contributed by atoms with Crippen molar-refractivity contribution in [2.24, 2.45) is 11.7 Å². The molecule has 0 saturated heterocycles. The Balaban J connectivity index is 2.38. The van der Waals surface area contributed by atoms with Gasteiger partial charge in [0.2, 0.25) is 5.91 Å². The van der Waals surface area contributed by atoms with Crippen molar-refractivity contribution in [3.63, 3.8) is 0 Å². The van der Waals surface area contributed by atoms with Crippen LogP contribution in [0.15, 0.2) is 29.4 Å². The number of primary amides is 1. The molecule has 0 spiro atoms. The molecule has 7 heteroatoms. The van der Waals surface area contributed by atoms with Crippen molar-refractivity contribution in [3.8, 4) is 17.1 Å². The van der Waals surface area contributed by atoms with Gasteiger partial charge in [-0.3, -0.25) is 4.79 Å². The molecule has 124 valence electrons. The fourth-order valence-corrected chi connectivity index (χ4v) is 2.88. The second kappa shape index (κ2) is 7.50. The van der Waals surface area contributed by atoms with Crippen molar-refractivity contribution in [3.05, 3.63) is 24.3 Å². The van der Waals surface area contributed by atoms with Gasteiger partial charge in [0.1, 0.15) is 5.75 Å². The van der Waals surface area contributed by atoms with E-state index >= 15 is 0 Å². The smallest absolute Gasteiger partial charge is 0.230 e. The van der Waals surface area contributed by atoms with Crippen LogP contribution in [0.3, 0.4) is 0 Å². The maximum absolute atomic E-state index is 11.3. The lowest BCUT2D eigenvalue weighted by atomic mass is 10.2. The van der Waals surface area contributed by atoms with E-state index in [1.807, 2.05) is 28.8 Å². The Kier molecular flexibility index (Phi) is 5.65. The average molecular weight is 334 g/mol. The SMILES string of the molecule is COc1ccc(-c2nnc(S[C@@H](C)C(N)=O)n2CC(C)C)cc1. The largest absolute Gasteiger partial charge is 0.497 e. The first-order valence-electron chi connectivity index (χ1n) is 7.46. The zero-order valence-electron chi connectivity index (χ0n) is 13.8. The van der Waals surface area contributed by atoms with Crippen LogP contribution in [0.1, 0.15) is 20.8 Å². The molecule has 1 aromatic heterocycles. The van der Waals surface area contributed by atoms with Crippen LogP contribution in [0.25, 0.3) is 11.4 Å². The number of aromatic nitrogens is 3. The fourth-order valence-electron chi connectivity index (χ4n) is 2.08. The van der Waals surface area contributed by atoms with Crippen molar-refractivity contribution in [1.29, 1.82) is 0 Å². The molecule has 1 heterocycles. The van der Waals surface area contributed by atoms with Crippen LogP contribution in [0.5, 0.6) is 5.75 Å². The molecule has 2 rings (SSSR count). The van der Waals surface area contributed by atoms with Gasteiger partial charge in [-0.2, -0.15) is 0 Å². The monoisotopic (exact) mass is 334 g/mol. The van der Waals surface area contributed by atoms with E-state index in [1.165, 1.54) is 11.8 Å². The standard InChI is InChI=1S/C16H22N4O2S/c1-10(2)9-20-15(12-5-7-13(22-4)8-6-12)18-19-16(20)23-11(3)14(17)21/h5-8,10-11H,9H2,1-4H3,(H2,17,21)/t11-/m0/s1. The van der Waals surface area contributed by atoms with Gasteiger partial charge < -0.3 is 15.0 Å². The van der Waals surface area contributed by atoms with E-state index in [2.05, 4.69) is 24.0 Å². The third-order valence-electron chi connectivity index (χ3n) is 3.30. The first kappa shape index (κ1) is 17.3. The number of carbonyl (C=O) groups excluding carboxylic acids is 1. The van der Waals surface area contributed by atoms with E-state index in [-0.39, 0.29) is 11.2 Å². The molecule has 0 saturated carbocycles. The summed E-state index contributed by atoms with van der Waals surface area (Å²) < 4.78 is 7.22. The number of nitrogens with zero attached hydrogens (tertiary/aromatic N) is 3. The van der Waals surface area contributed by atoms with Gasteiger partial charge in [0.15, 0.2) is 11.0 Å². The number of methoxy groups -OCH3 is 1. The predicted molar refractivity (Wildman–Crippen MR) is 91.4 cm³/mol. The van der Waals surface area contributed by atoms with Crippen LogP contribution in [0.4, 0.5) is 0 Å². The van der Waals surface area contributed by atoms with Gasteiger partial charge in [-0.1, -0.05) is 25.6 Å². The Morgan fingerprint density at radius 1 is 1.26 bits per heavy atom. The highest BCUT2D eigenvalue weighted by molar-refractivity contribution is 8.00. The lowest BCUT2D eigenvalue weighted by molar-refractivity contribution is -0.117. The molecule has 6 nitrogen and oxygen atoms in total. The molecule has 0 bridgehead atoms. The fraction of sp³-hybridized carbons (Fsp3) is 0.438. The summed E-state index contributed by atoms with van der Waals surface area (Å²) in [4.78, 5) is 11.3. The molecule has 0 aliphatic rings. The minimum Gasteiger partial charge on any atom is -0.497 e. The predicted octanol–water partition coefficient (Wildman–Crippen LogP) is 2.58. The number of ether oxygens (including phenoxy) is 1. The Morgan fingerprint density at radius 3 is 2.43 bits per heavy atom. The van der Waals surface area contributed by atoms with E-state index in [1.54, 1.807) is 14.0 Å². The average Bonchev–Trinajstić information content (AvgIpc) is 2.89. The van der Waals surface area contributed by atoms with E-state index in [0.717, 1.165) is 23.7 Å². The molecule has 1 amide bonds. The zero-order chi connectivity index (χ0) is 17.0. The van der Waals surface area contributed by atoms with Gasteiger partial charge in [0, 0.05) is 12.1 Å². The number of hydrogen-bond acceptors (Lipinski definition) is 5. The summed E-state index contributed by atoms with van der Waals surface area (Å²) >= 11 is 1.33. The van der Waals surface area contributed by atoms with Crippen molar-refractivity contribution in [2.45, 2.75) is 37.7 Å². The molecule has 0 aliphatic heterocycles. The van der Waals surface area contributed by atoms with Crippen molar-refractivity contribution in [1.82, 2.24) is 14.8 Å². The Morgan fingerprint density at radius 2 is 1.91 bits per heavy atom. The molecule has 2 aromatic rings. The van der Waals surface area contributed by atoms with Crippen molar-refractivity contribution in [2.75, 3.05) is 7.11 Å². The minimum absolute atomic E-state index is 0.353. The van der Waals surface area contributed by atoms with Crippen LogP contribution in [-0.4, -0.2) is 33.0 Å². The van der Waals surface area contributed by atoms with Crippen molar-refractivity contribution >= 4 is 17.7 Å². The summed E-state index contributed by atoms with van der Waals surface area (Å²) in [6.07, 6.45) is 0. The Labute approximate surface area is 140 Å². The molecule has 0 unspecified atom stereocenters. The van der Waals surface area contributed by atoms with Crippen molar-refractivity contribution < 1.29 is 9.53 Å². The van der Waals surface area contributed by atoms with E-state index < -0.39 is 0 Å². The molecule has 1 aromatic carbocycles. The second-order valence-corrected chi connectivity index (χ2v) is 7.01. The number of rotatable bonds is 7. The number of hydrogen-bond donors (Lipinski definition) is 1. The third kappa shape index (κ3) is 4.25. The summed E-state index contributed by atoms with van der Waals surface area (Å²) in [5.41, 5.74) is 6.31. The normalized spacial score (nSPS) is 12.4. The third-order valence-corrected chi connectivity index (χ3v) is 4.39. The number of nitrogens with two attached hydrogens (primary N) is 1. The maximum Gasteiger partial charge on any atom is 0.230 e. The molecule has 1 atom stereocenters. The number of amides is 1. The maximum atomic E-state index is 11.3. The van der Waals surface area contributed by atoms with Gasteiger partial charge in [-0.15, -0.1) is 10.2 Å². The summed E-state index contributed by atoms with van der Waals surface area (Å²) in [5.74, 6) is 1.63. The van der Waals surface area contributed by atoms with Gasteiger partial charge >= 0.3 is 0 Å². The Hall–Kier alpha value is -2.02. The lowest BCUT2D eigenvalue weighted by Gasteiger charge is -2.14. The summed E-state index contributed by atoms with van der Waals surface area (Å²) in [6, 6.07) is 7.68. The molecule has 0 fully saturated rings. The topological polar surface area (TPSA) is 83.0 Å². The minimum atomic E-state index is -0.361. The quantitative estimate of drug-likeness (QED) is 0.787. The van der Waals surface area contributed by atoms with Crippen LogP contribution >= 0.6 is 11.8 Å². The highest BCUT2D eigenvalue weighted by Gasteiger charge is 2.19. The molecular weight excluding hydrogens is 312 g/mol. The molecule has 2 N–H and O–H groups in total. The van der Waals surface area contributed by atoms with Gasteiger partial charge in [-0.05, 0) is 37.1 Å². The van der Waals surface area contributed by atoms with E-state index in [0.29, 0.717) is 11.1 Å². The first-order chi connectivity index (χ1) is 10.9. The molecular formula is C16H22N4O2S. The van der Waals surface area contributed by atoms with E-state index in [4.69, 9.17) is 10.5 Å². The number of thioether (sulfide) groups is 1. The van der Waals surface area contributed by atoms with Crippen LogP contribution < -0.4 is 10.5 Å². The highest BCUT2D eigenvalue weighted by Crippen LogP contribution is 2.28. The van der Waals surface area contributed by atoms with Gasteiger partial charge in [-0.25, -0.2) is 0 Å². The summed E-state index contributed by atoms with van der Waals surface area (Å²) in [6.45, 7) is 6.80. The second-order valence-electron chi connectivity index (χ2n) is 5.70. The summed E-state index contributed by atoms with van der Waals surface area (Å²) in [5, 5.41) is 8.91. The lowest BCUT2D eigenvalue weighted by Crippen LogP contribution is -2.23. The number of carbonyl (C=O) groups is 1. The number of benzene rings is 1. The molecule has 0 radical (unpaired) electrons. The van der Waals surface area contributed by atoms with Crippen LogP contribution in [0, 0.1) is 5.92 Å². The van der Waals surface area contributed by atoms with Crippen LogP contribution in [-0.2, 0) is 11.3 Å². The zero-order valence-corrected chi connectivity index (χ0v) is 14.6. The Bertz CT molecular complexity index is 667. The molecule has 23 heavy (non-hydrogen) atoms. The first-order valence-corrected chi connectivity index (χ1v) is 8.34.